The Labute approximate surface area is 261 Å². The van der Waals surface area contributed by atoms with Crippen molar-refractivity contribution in [3.8, 4) is 68.0 Å². The molecule has 0 fully saturated rings. The molecule has 0 saturated carbocycles. The lowest BCUT2D eigenvalue weighted by Gasteiger charge is -2.25. The number of rotatable bonds is 3. The summed E-state index contributed by atoms with van der Waals surface area (Å²) in [6, 6.07) is 45.9. The summed E-state index contributed by atoms with van der Waals surface area (Å²) in [5.74, 6) is 3.49. The van der Waals surface area contributed by atoms with Crippen LogP contribution in [0.2, 0.25) is 0 Å². The van der Waals surface area contributed by atoms with Gasteiger partial charge in [-0.15, -0.1) is 0 Å². The fraction of sp³-hybridized carbons (Fsp3) is 0.0732. The zero-order valence-corrected chi connectivity index (χ0v) is 24.9. The second kappa shape index (κ2) is 9.63. The van der Waals surface area contributed by atoms with Gasteiger partial charge < -0.3 is 9.47 Å². The molecule has 1 aromatic heterocycles. The number of benzene rings is 6. The van der Waals surface area contributed by atoms with Crippen molar-refractivity contribution in [1.82, 2.24) is 9.97 Å². The highest BCUT2D eigenvalue weighted by molar-refractivity contribution is 5.95. The first-order valence-electron chi connectivity index (χ1n) is 15.2. The average Bonchev–Trinajstić information content (AvgIpc) is 3.31. The third kappa shape index (κ3) is 4.06. The van der Waals surface area contributed by atoms with E-state index in [1.807, 2.05) is 36.4 Å². The summed E-state index contributed by atoms with van der Waals surface area (Å²) >= 11 is 0. The summed E-state index contributed by atoms with van der Waals surface area (Å²) in [6.07, 6.45) is 0. The summed E-state index contributed by atoms with van der Waals surface area (Å²) in [7, 11) is 0. The van der Waals surface area contributed by atoms with Gasteiger partial charge in [0.15, 0.2) is 28.8 Å². The molecule has 0 bridgehead atoms. The fourth-order valence-corrected chi connectivity index (χ4v) is 6.83. The molecule has 4 heteroatoms. The summed E-state index contributed by atoms with van der Waals surface area (Å²) < 4.78 is 13.0. The van der Waals surface area contributed by atoms with Crippen LogP contribution in [0.1, 0.15) is 25.0 Å². The van der Waals surface area contributed by atoms with E-state index < -0.39 is 0 Å². The van der Waals surface area contributed by atoms with Gasteiger partial charge in [0.1, 0.15) is 0 Å². The lowest BCUT2D eigenvalue weighted by Crippen LogP contribution is -2.15. The van der Waals surface area contributed by atoms with Crippen LogP contribution in [0, 0.1) is 0 Å². The molecule has 0 N–H and O–H groups in total. The predicted octanol–water partition coefficient (Wildman–Crippen LogP) is 10.8. The zero-order chi connectivity index (χ0) is 30.1. The van der Waals surface area contributed by atoms with E-state index in [1.165, 1.54) is 22.3 Å². The highest BCUT2D eigenvalue weighted by Gasteiger charge is 2.37. The zero-order valence-electron chi connectivity index (χ0n) is 24.9. The van der Waals surface area contributed by atoms with Gasteiger partial charge in [-0.05, 0) is 69.4 Å². The van der Waals surface area contributed by atoms with Crippen molar-refractivity contribution in [1.29, 1.82) is 0 Å². The van der Waals surface area contributed by atoms with Crippen molar-refractivity contribution in [3.05, 3.63) is 145 Å². The first kappa shape index (κ1) is 25.7. The Morgan fingerprint density at radius 3 is 2.02 bits per heavy atom. The molecule has 0 spiro atoms. The third-order valence-corrected chi connectivity index (χ3v) is 9.15. The maximum absolute atomic E-state index is 6.57. The Bertz CT molecular complexity index is 2300. The average molecular weight is 581 g/mol. The molecule has 2 heterocycles. The van der Waals surface area contributed by atoms with Crippen LogP contribution in [-0.2, 0) is 5.41 Å². The molecule has 0 amide bonds. The van der Waals surface area contributed by atoms with Gasteiger partial charge in [0, 0.05) is 22.1 Å². The van der Waals surface area contributed by atoms with Gasteiger partial charge in [-0.25, -0.2) is 9.97 Å². The van der Waals surface area contributed by atoms with Gasteiger partial charge in [-0.3, -0.25) is 0 Å². The van der Waals surface area contributed by atoms with E-state index in [9.17, 15) is 0 Å². The number of hydrogen-bond acceptors (Lipinski definition) is 4. The molecular weight excluding hydrogens is 552 g/mol. The van der Waals surface area contributed by atoms with E-state index in [2.05, 4.69) is 111 Å². The van der Waals surface area contributed by atoms with E-state index >= 15 is 0 Å². The van der Waals surface area contributed by atoms with Crippen molar-refractivity contribution in [2.24, 2.45) is 0 Å². The molecule has 0 radical (unpaired) electrons. The van der Waals surface area contributed by atoms with Crippen LogP contribution in [0.3, 0.4) is 0 Å². The number of fused-ring (bicyclic) bond motifs is 6. The molecule has 6 aromatic carbocycles. The molecule has 45 heavy (non-hydrogen) atoms. The van der Waals surface area contributed by atoms with E-state index in [0.717, 1.165) is 50.3 Å². The second-order valence-corrected chi connectivity index (χ2v) is 12.2. The molecule has 1 aliphatic carbocycles. The minimum atomic E-state index is -0.111. The van der Waals surface area contributed by atoms with Crippen molar-refractivity contribution >= 4 is 10.8 Å². The van der Waals surface area contributed by atoms with Crippen molar-refractivity contribution < 1.29 is 9.47 Å². The molecule has 2 aliphatic rings. The Hall–Kier alpha value is -5.74. The number of ether oxygens (including phenoxy) is 2. The highest BCUT2D eigenvalue weighted by Crippen LogP contribution is 2.55. The molecule has 7 aromatic rings. The molecule has 1 aliphatic heterocycles. The first-order valence-corrected chi connectivity index (χ1v) is 15.2. The summed E-state index contributed by atoms with van der Waals surface area (Å²) in [5, 5.41) is 2.27. The standard InChI is InChI=1S/C41H28N2O2/c1-41(2)32-18-9-8-16-29(32)31-22-38-39(23-33(31)41)44-36-20-19-27(21-37(36)45-38)35-24-34(26-12-4-3-5-13-26)42-40(43-35)30-17-10-14-25-11-6-7-15-28(25)30/h3-24H,1-2H3. The maximum atomic E-state index is 6.57. The van der Waals surface area contributed by atoms with Crippen molar-refractivity contribution in [2.45, 2.75) is 19.3 Å². The summed E-state index contributed by atoms with van der Waals surface area (Å²) in [4.78, 5) is 10.2. The van der Waals surface area contributed by atoms with Crippen LogP contribution < -0.4 is 9.47 Å². The van der Waals surface area contributed by atoms with Gasteiger partial charge >= 0.3 is 0 Å². The topological polar surface area (TPSA) is 44.2 Å². The SMILES string of the molecule is CC1(C)c2ccccc2-c2cc3c(cc21)Oc1ccc(-c2cc(-c4ccccc4)nc(-c4cccc5ccccc45)n2)cc1O3. The molecular formula is C41H28N2O2. The third-order valence-electron chi connectivity index (χ3n) is 9.15. The minimum absolute atomic E-state index is 0.111. The molecule has 0 unspecified atom stereocenters. The normalized spacial score (nSPS) is 13.6. The molecule has 0 atom stereocenters. The maximum Gasteiger partial charge on any atom is 0.170 e. The Morgan fingerprint density at radius 1 is 0.467 bits per heavy atom. The summed E-state index contributed by atoms with van der Waals surface area (Å²) in [5.41, 5.74) is 9.54. The van der Waals surface area contributed by atoms with E-state index in [4.69, 9.17) is 19.4 Å². The molecule has 214 valence electrons. The molecule has 9 rings (SSSR count). The largest absolute Gasteiger partial charge is 0.450 e. The minimum Gasteiger partial charge on any atom is -0.450 e. The summed E-state index contributed by atoms with van der Waals surface area (Å²) in [6.45, 7) is 4.54. The van der Waals surface area contributed by atoms with Crippen LogP contribution in [0.4, 0.5) is 0 Å². The van der Waals surface area contributed by atoms with E-state index in [1.54, 1.807) is 0 Å². The van der Waals surface area contributed by atoms with Gasteiger partial charge in [-0.1, -0.05) is 111 Å². The van der Waals surface area contributed by atoms with Crippen LogP contribution in [0.15, 0.2) is 133 Å². The lowest BCUT2D eigenvalue weighted by molar-refractivity contribution is 0.359. The number of nitrogens with zero attached hydrogens (tertiary/aromatic N) is 2. The molecule has 0 saturated heterocycles. The number of hydrogen-bond donors (Lipinski definition) is 0. The molecule has 4 nitrogen and oxygen atoms in total. The van der Waals surface area contributed by atoms with Crippen molar-refractivity contribution in [2.75, 3.05) is 0 Å². The van der Waals surface area contributed by atoms with Gasteiger partial charge in [0.2, 0.25) is 0 Å². The predicted molar refractivity (Wildman–Crippen MR) is 180 cm³/mol. The van der Waals surface area contributed by atoms with Crippen LogP contribution >= 0.6 is 0 Å². The monoisotopic (exact) mass is 580 g/mol. The quantitative estimate of drug-likeness (QED) is 0.208. The van der Waals surface area contributed by atoms with Gasteiger partial charge in [0.05, 0.1) is 11.4 Å². The van der Waals surface area contributed by atoms with E-state index in [-0.39, 0.29) is 5.41 Å². The highest BCUT2D eigenvalue weighted by atomic mass is 16.6. The number of aromatic nitrogens is 2. The second-order valence-electron chi connectivity index (χ2n) is 12.2. The Kier molecular flexibility index (Phi) is 5.51. The van der Waals surface area contributed by atoms with Gasteiger partial charge in [-0.2, -0.15) is 0 Å². The van der Waals surface area contributed by atoms with Gasteiger partial charge in [0.25, 0.3) is 0 Å². The first-order chi connectivity index (χ1) is 22.0. The van der Waals surface area contributed by atoms with Crippen LogP contribution in [-0.4, -0.2) is 9.97 Å². The Balaban J connectivity index is 1.16. The Morgan fingerprint density at radius 2 is 1.13 bits per heavy atom. The fourth-order valence-electron chi connectivity index (χ4n) is 6.83. The van der Waals surface area contributed by atoms with E-state index in [0.29, 0.717) is 17.3 Å². The smallest absolute Gasteiger partial charge is 0.170 e. The lowest BCUT2D eigenvalue weighted by atomic mass is 9.82. The van der Waals surface area contributed by atoms with Crippen LogP contribution in [0.25, 0.3) is 55.8 Å². The van der Waals surface area contributed by atoms with Crippen LogP contribution in [0.5, 0.6) is 23.0 Å². The van der Waals surface area contributed by atoms with Crippen molar-refractivity contribution in [3.63, 3.8) is 0 Å².